The zero-order valence-electron chi connectivity index (χ0n) is 18.3. The molecule has 4 nitrogen and oxygen atoms in total. The molecule has 0 bridgehead atoms. The lowest BCUT2D eigenvalue weighted by atomic mass is 9.41. The monoisotopic (exact) mass is 402 g/mol. The van der Waals surface area contributed by atoms with Crippen molar-refractivity contribution in [2.75, 3.05) is 6.61 Å². The molecule has 29 heavy (non-hydrogen) atoms. The topological polar surface area (TPSA) is 66.8 Å². The van der Waals surface area contributed by atoms with Crippen LogP contribution < -0.4 is 0 Å². The number of carbonyl (C=O) groups is 1. The molecule has 5 rings (SSSR count). The summed E-state index contributed by atoms with van der Waals surface area (Å²) in [4.78, 5) is 11.8. The highest BCUT2D eigenvalue weighted by atomic mass is 16.5. The summed E-state index contributed by atoms with van der Waals surface area (Å²) in [6.45, 7) is 7.32. The molecule has 1 heterocycles. The molecule has 0 saturated heterocycles. The molecule has 0 aromatic carbocycles. The first-order valence-electron chi connectivity index (χ1n) is 12.0. The lowest BCUT2D eigenvalue weighted by molar-refractivity contribution is -0.201. The second-order valence-electron chi connectivity index (χ2n) is 11.4. The molecule has 2 N–H and O–H groups in total. The van der Waals surface area contributed by atoms with E-state index in [2.05, 4.69) is 20.8 Å². The van der Waals surface area contributed by atoms with Gasteiger partial charge in [0.1, 0.15) is 5.76 Å². The fourth-order valence-electron chi connectivity index (χ4n) is 9.02. The Morgan fingerprint density at radius 2 is 1.76 bits per heavy atom. The van der Waals surface area contributed by atoms with E-state index in [1.54, 1.807) is 6.08 Å². The number of ether oxygens (including phenoxy) is 1. The Bertz CT molecular complexity index is 716. The highest BCUT2D eigenvalue weighted by Crippen LogP contribution is 2.69. The number of allylic oxidation sites excluding steroid dienone is 1. The van der Waals surface area contributed by atoms with Crippen molar-refractivity contribution < 1.29 is 19.7 Å². The summed E-state index contributed by atoms with van der Waals surface area (Å²) in [7, 11) is 0. The molecular formula is C25H38O4. The largest absolute Gasteiger partial charge is 0.489 e. The molecule has 162 valence electrons. The third kappa shape index (κ3) is 2.74. The number of hydrogen-bond acceptors (Lipinski definition) is 4. The Kier molecular flexibility index (Phi) is 4.71. The van der Waals surface area contributed by atoms with Crippen molar-refractivity contribution in [1.29, 1.82) is 0 Å². The molecule has 0 amide bonds. The summed E-state index contributed by atoms with van der Waals surface area (Å²) in [5.74, 6) is 3.47. The molecule has 5 aliphatic rings. The maximum Gasteiger partial charge on any atom is 0.196 e. The van der Waals surface area contributed by atoms with Gasteiger partial charge in [-0.3, -0.25) is 4.79 Å². The van der Waals surface area contributed by atoms with Crippen LogP contribution in [0.4, 0.5) is 0 Å². The highest BCUT2D eigenvalue weighted by Gasteiger charge is 2.65. The number of carbonyl (C=O) groups excluding carboxylic acids is 1. The van der Waals surface area contributed by atoms with E-state index in [0.717, 1.165) is 57.1 Å². The maximum absolute atomic E-state index is 11.8. The zero-order chi connectivity index (χ0) is 20.6. The van der Waals surface area contributed by atoms with E-state index in [1.165, 1.54) is 0 Å². The fourth-order valence-corrected chi connectivity index (χ4v) is 9.02. The third-order valence-corrected chi connectivity index (χ3v) is 10.4. The first kappa shape index (κ1) is 20.1. The van der Waals surface area contributed by atoms with Crippen LogP contribution in [0.3, 0.4) is 0 Å². The molecule has 0 spiro atoms. The Morgan fingerprint density at radius 1 is 1.03 bits per heavy atom. The summed E-state index contributed by atoms with van der Waals surface area (Å²) < 4.78 is 5.81. The Balaban J connectivity index is 1.50. The van der Waals surface area contributed by atoms with Gasteiger partial charge in [-0.05, 0) is 85.4 Å². The second kappa shape index (κ2) is 6.82. The average molecular weight is 403 g/mol. The van der Waals surface area contributed by atoms with Gasteiger partial charge < -0.3 is 14.9 Å². The van der Waals surface area contributed by atoms with Gasteiger partial charge in [-0.2, -0.15) is 0 Å². The van der Waals surface area contributed by atoms with E-state index in [-0.39, 0.29) is 35.4 Å². The van der Waals surface area contributed by atoms with Gasteiger partial charge in [-0.15, -0.1) is 0 Å². The molecule has 4 fully saturated rings. The Labute approximate surface area is 175 Å². The van der Waals surface area contributed by atoms with Gasteiger partial charge in [-0.1, -0.05) is 27.2 Å². The van der Waals surface area contributed by atoms with Crippen molar-refractivity contribution in [3.8, 4) is 0 Å². The molecule has 0 aromatic rings. The predicted molar refractivity (Wildman–Crippen MR) is 111 cm³/mol. The molecule has 4 aliphatic carbocycles. The summed E-state index contributed by atoms with van der Waals surface area (Å²) in [5.41, 5.74) is 0.358. The van der Waals surface area contributed by atoms with E-state index in [1.807, 2.05) is 0 Å². The normalized spacial score (nSPS) is 54.2. The minimum atomic E-state index is -0.267. The minimum Gasteiger partial charge on any atom is -0.489 e. The second-order valence-corrected chi connectivity index (χ2v) is 11.4. The number of aliphatic hydroxyl groups is 2. The van der Waals surface area contributed by atoms with Crippen LogP contribution in [0, 0.1) is 46.3 Å². The van der Waals surface area contributed by atoms with Crippen molar-refractivity contribution in [3.63, 3.8) is 0 Å². The van der Waals surface area contributed by atoms with E-state index >= 15 is 0 Å². The van der Waals surface area contributed by atoms with E-state index in [0.29, 0.717) is 35.5 Å². The van der Waals surface area contributed by atoms with Crippen LogP contribution >= 0.6 is 0 Å². The molecule has 1 aliphatic heterocycles. The number of rotatable bonds is 2. The van der Waals surface area contributed by atoms with Gasteiger partial charge in [0.05, 0.1) is 12.2 Å². The van der Waals surface area contributed by atoms with Crippen molar-refractivity contribution in [2.24, 2.45) is 46.3 Å². The van der Waals surface area contributed by atoms with Gasteiger partial charge >= 0.3 is 0 Å². The molecule has 10 atom stereocenters. The molecule has 4 saturated carbocycles. The first-order valence-corrected chi connectivity index (χ1v) is 12.0. The molecule has 4 unspecified atom stereocenters. The van der Waals surface area contributed by atoms with Crippen molar-refractivity contribution in [1.82, 2.24) is 0 Å². The first-order chi connectivity index (χ1) is 13.8. The maximum atomic E-state index is 11.8. The molecular weight excluding hydrogens is 364 g/mol. The molecule has 0 aromatic heterocycles. The Hall–Kier alpha value is -0.870. The van der Waals surface area contributed by atoms with Crippen LogP contribution in [-0.2, 0) is 9.53 Å². The van der Waals surface area contributed by atoms with Gasteiger partial charge in [0.15, 0.2) is 12.4 Å². The third-order valence-electron chi connectivity index (χ3n) is 10.4. The van der Waals surface area contributed by atoms with Gasteiger partial charge in [0, 0.05) is 12.0 Å². The number of aliphatic hydroxyl groups excluding tert-OH is 2. The highest BCUT2D eigenvalue weighted by molar-refractivity contribution is 5.93. The van der Waals surface area contributed by atoms with E-state index in [4.69, 9.17) is 4.74 Å². The van der Waals surface area contributed by atoms with Crippen molar-refractivity contribution >= 4 is 5.78 Å². The van der Waals surface area contributed by atoms with Gasteiger partial charge in [0.25, 0.3) is 0 Å². The van der Waals surface area contributed by atoms with Gasteiger partial charge in [-0.25, -0.2) is 0 Å². The van der Waals surface area contributed by atoms with Crippen LogP contribution in [-0.4, -0.2) is 34.8 Å². The lowest BCUT2D eigenvalue weighted by Gasteiger charge is -2.64. The van der Waals surface area contributed by atoms with Gasteiger partial charge in [0.2, 0.25) is 0 Å². The van der Waals surface area contributed by atoms with Crippen LogP contribution in [0.25, 0.3) is 0 Å². The zero-order valence-corrected chi connectivity index (χ0v) is 18.3. The van der Waals surface area contributed by atoms with Crippen LogP contribution in [0.1, 0.15) is 72.1 Å². The van der Waals surface area contributed by atoms with Crippen molar-refractivity contribution in [3.05, 3.63) is 11.8 Å². The minimum absolute atomic E-state index is 0.0978. The van der Waals surface area contributed by atoms with Crippen LogP contribution in [0.15, 0.2) is 11.8 Å². The van der Waals surface area contributed by atoms with Crippen LogP contribution in [0.2, 0.25) is 0 Å². The average Bonchev–Trinajstić information content (AvgIpc) is 3.26. The summed E-state index contributed by atoms with van der Waals surface area (Å²) >= 11 is 0. The van der Waals surface area contributed by atoms with Crippen LogP contribution in [0.5, 0.6) is 0 Å². The SMILES string of the molecule is CC[C@H]1C(O)C2C3CC[C@H](C4=CC(=O)CO4)[C@@]3(C)CCC2[C@@]2(C)CC[C@@H](O)C[C@@H]12. The number of ketones is 1. The standard InChI is InChI=1S/C25H38O4/c1-4-16-20-11-14(26)7-9-25(20,3)19-8-10-24(2)17(21-12-15(27)13-29-21)5-6-18(24)22(19)23(16)28/h12,14,16-20,22-23,26,28H,4-11,13H2,1-3H3/t14-,16-,17-,18?,19?,20+,22?,23?,24-,25-/m1/s1. The number of hydrogen-bond donors (Lipinski definition) is 2. The molecule has 0 radical (unpaired) electrons. The smallest absolute Gasteiger partial charge is 0.196 e. The van der Waals surface area contributed by atoms with E-state index < -0.39 is 0 Å². The van der Waals surface area contributed by atoms with Crippen molar-refractivity contribution in [2.45, 2.75) is 84.3 Å². The Morgan fingerprint density at radius 3 is 2.45 bits per heavy atom. The lowest BCUT2D eigenvalue weighted by Crippen LogP contribution is -2.62. The summed E-state index contributed by atoms with van der Waals surface area (Å²) in [6, 6.07) is 0. The predicted octanol–water partition coefficient (Wildman–Crippen LogP) is 4.10. The quantitative estimate of drug-likeness (QED) is 0.730. The molecule has 4 heteroatoms. The van der Waals surface area contributed by atoms with E-state index in [9.17, 15) is 15.0 Å². The number of fused-ring (bicyclic) bond motifs is 5. The summed E-state index contributed by atoms with van der Waals surface area (Å²) in [5, 5.41) is 22.1. The summed E-state index contributed by atoms with van der Waals surface area (Å²) in [6.07, 6.45) is 9.68. The fraction of sp³-hybridized carbons (Fsp3) is 0.880.